The van der Waals surface area contributed by atoms with Gasteiger partial charge in [0.2, 0.25) is 0 Å². The average Bonchev–Trinajstić information content (AvgIpc) is 2.65. The number of nitrogens with one attached hydrogen (secondary N) is 1. The molecule has 0 saturated carbocycles. The van der Waals surface area contributed by atoms with Crippen molar-refractivity contribution >= 4 is 0 Å². The van der Waals surface area contributed by atoms with Crippen LogP contribution in [0.3, 0.4) is 0 Å². The standard InChI is InChI=1S/C16H26N2/c1-4-18-13(2)10-16(14(18)3)12-17-11-15-8-6-5-7-9-15/h5-6,10,15,17H,4,7-9,11-12H2,1-3H3. The molecule has 18 heavy (non-hydrogen) atoms. The molecule has 0 fully saturated rings. The van der Waals surface area contributed by atoms with E-state index in [-0.39, 0.29) is 0 Å². The van der Waals surface area contributed by atoms with Crippen molar-refractivity contribution in [3.8, 4) is 0 Å². The number of nitrogens with zero attached hydrogens (tertiary/aromatic N) is 1. The van der Waals surface area contributed by atoms with Crippen LogP contribution in [0.25, 0.3) is 0 Å². The average molecular weight is 246 g/mol. The fourth-order valence-electron chi connectivity index (χ4n) is 2.99. The lowest BCUT2D eigenvalue weighted by Crippen LogP contribution is -2.23. The Morgan fingerprint density at radius 2 is 2.17 bits per heavy atom. The third-order valence-corrected chi connectivity index (χ3v) is 4.12. The number of hydrogen-bond acceptors (Lipinski definition) is 1. The number of aryl methyl sites for hydroxylation is 1. The highest BCUT2D eigenvalue weighted by molar-refractivity contribution is 5.26. The number of aromatic nitrogens is 1. The summed E-state index contributed by atoms with van der Waals surface area (Å²) in [6.07, 6.45) is 8.50. The highest BCUT2D eigenvalue weighted by Crippen LogP contribution is 2.18. The van der Waals surface area contributed by atoms with Gasteiger partial charge in [0.05, 0.1) is 0 Å². The van der Waals surface area contributed by atoms with E-state index >= 15 is 0 Å². The molecule has 1 aromatic heterocycles. The van der Waals surface area contributed by atoms with E-state index in [1.54, 1.807) is 0 Å². The summed E-state index contributed by atoms with van der Waals surface area (Å²) in [4.78, 5) is 0. The van der Waals surface area contributed by atoms with Gasteiger partial charge < -0.3 is 9.88 Å². The Labute approximate surface area is 111 Å². The van der Waals surface area contributed by atoms with Crippen molar-refractivity contribution in [3.63, 3.8) is 0 Å². The van der Waals surface area contributed by atoms with Gasteiger partial charge in [0.1, 0.15) is 0 Å². The highest BCUT2D eigenvalue weighted by Gasteiger charge is 2.11. The fourth-order valence-corrected chi connectivity index (χ4v) is 2.99. The van der Waals surface area contributed by atoms with Crippen molar-refractivity contribution in [1.29, 1.82) is 0 Å². The lowest BCUT2D eigenvalue weighted by atomic mass is 9.94. The van der Waals surface area contributed by atoms with Crippen molar-refractivity contribution in [2.45, 2.75) is 53.1 Å². The molecule has 1 N–H and O–H groups in total. The Morgan fingerprint density at radius 1 is 1.33 bits per heavy atom. The highest BCUT2D eigenvalue weighted by atomic mass is 15.0. The largest absolute Gasteiger partial charge is 0.349 e. The van der Waals surface area contributed by atoms with Crippen molar-refractivity contribution in [1.82, 2.24) is 9.88 Å². The van der Waals surface area contributed by atoms with E-state index < -0.39 is 0 Å². The lowest BCUT2D eigenvalue weighted by Gasteiger charge is -2.18. The van der Waals surface area contributed by atoms with Crippen molar-refractivity contribution in [2.75, 3.05) is 6.54 Å². The normalized spacial score (nSPS) is 19.4. The topological polar surface area (TPSA) is 17.0 Å². The molecule has 0 spiro atoms. The summed E-state index contributed by atoms with van der Waals surface area (Å²) in [5, 5.41) is 3.63. The van der Waals surface area contributed by atoms with Crippen LogP contribution in [0.5, 0.6) is 0 Å². The van der Waals surface area contributed by atoms with Crippen LogP contribution in [0.4, 0.5) is 0 Å². The minimum Gasteiger partial charge on any atom is -0.349 e. The second-order valence-electron chi connectivity index (χ2n) is 5.42. The van der Waals surface area contributed by atoms with Crippen LogP contribution in [-0.4, -0.2) is 11.1 Å². The Kier molecular flexibility index (Phi) is 4.65. The van der Waals surface area contributed by atoms with Gasteiger partial charge in [0.25, 0.3) is 0 Å². The van der Waals surface area contributed by atoms with Gasteiger partial charge in [-0.25, -0.2) is 0 Å². The van der Waals surface area contributed by atoms with Crippen LogP contribution in [0.15, 0.2) is 18.2 Å². The molecule has 0 saturated heterocycles. The molecule has 1 heterocycles. The number of hydrogen-bond donors (Lipinski definition) is 1. The molecule has 0 aromatic carbocycles. The van der Waals surface area contributed by atoms with Crippen LogP contribution in [0, 0.1) is 19.8 Å². The quantitative estimate of drug-likeness (QED) is 0.786. The second-order valence-corrected chi connectivity index (χ2v) is 5.42. The molecule has 2 nitrogen and oxygen atoms in total. The molecule has 100 valence electrons. The molecular weight excluding hydrogens is 220 g/mol. The maximum absolute atomic E-state index is 3.63. The van der Waals surface area contributed by atoms with E-state index in [0.717, 1.165) is 25.6 Å². The molecule has 2 heteroatoms. The van der Waals surface area contributed by atoms with E-state index in [2.05, 4.69) is 48.9 Å². The number of rotatable bonds is 5. The first kappa shape index (κ1) is 13.4. The van der Waals surface area contributed by atoms with Crippen LogP contribution < -0.4 is 5.32 Å². The molecule has 1 aliphatic rings. The van der Waals surface area contributed by atoms with E-state index in [1.807, 2.05) is 0 Å². The van der Waals surface area contributed by atoms with Crippen molar-refractivity contribution < 1.29 is 0 Å². The molecular formula is C16H26N2. The lowest BCUT2D eigenvalue weighted by molar-refractivity contribution is 0.440. The molecule has 2 rings (SSSR count). The third kappa shape index (κ3) is 3.05. The van der Waals surface area contributed by atoms with Gasteiger partial charge in [0, 0.05) is 24.5 Å². The number of allylic oxidation sites excluding steroid dienone is 2. The van der Waals surface area contributed by atoms with Gasteiger partial charge in [-0.15, -0.1) is 0 Å². The SMILES string of the molecule is CCn1c(C)cc(CNCC2CC=CCC2)c1C. The van der Waals surface area contributed by atoms with Gasteiger partial charge in [-0.3, -0.25) is 0 Å². The van der Waals surface area contributed by atoms with Gasteiger partial charge >= 0.3 is 0 Å². The van der Waals surface area contributed by atoms with Crippen LogP contribution in [0.1, 0.15) is 43.1 Å². The van der Waals surface area contributed by atoms with Crippen LogP contribution in [-0.2, 0) is 13.1 Å². The molecule has 0 bridgehead atoms. The molecule has 0 amide bonds. The zero-order valence-corrected chi connectivity index (χ0v) is 12.0. The molecule has 0 aliphatic heterocycles. The summed E-state index contributed by atoms with van der Waals surface area (Å²) in [5.41, 5.74) is 4.26. The Hall–Kier alpha value is -1.02. The second kappa shape index (κ2) is 6.24. The van der Waals surface area contributed by atoms with E-state index in [0.29, 0.717) is 0 Å². The summed E-state index contributed by atoms with van der Waals surface area (Å²) < 4.78 is 2.39. The summed E-state index contributed by atoms with van der Waals surface area (Å²) >= 11 is 0. The first-order valence-corrected chi connectivity index (χ1v) is 7.23. The van der Waals surface area contributed by atoms with Gasteiger partial charge in [-0.1, -0.05) is 12.2 Å². The first-order chi connectivity index (χ1) is 8.72. The zero-order chi connectivity index (χ0) is 13.0. The minimum absolute atomic E-state index is 0.838. The van der Waals surface area contributed by atoms with Crippen molar-refractivity contribution in [2.24, 2.45) is 5.92 Å². The Morgan fingerprint density at radius 3 is 2.78 bits per heavy atom. The summed E-state index contributed by atoms with van der Waals surface area (Å²) in [7, 11) is 0. The maximum atomic E-state index is 3.63. The minimum atomic E-state index is 0.838. The third-order valence-electron chi connectivity index (χ3n) is 4.12. The maximum Gasteiger partial charge on any atom is 0.0223 e. The van der Waals surface area contributed by atoms with E-state index in [9.17, 15) is 0 Å². The summed E-state index contributed by atoms with van der Waals surface area (Å²) in [5.74, 6) is 0.838. The van der Waals surface area contributed by atoms with E-state index in [1.165, 1.54) is 36.2 Å². The molecule has 1 atom stereocenters. The van der Waals surface area contributed by atoms with Crippen LogP contribution in [0.2, 0.25) is 0 Å². The summed E-state index contributed by atoms with van der Waals surface area (Å²) in [6, 6.07) is 2.33. The smallest absolute Gasteiger partial charge is 0.0223 e. The summed E-state index contributed by atoms with van der Waals surface area (Å²) in [6.45, 7) is 9.89. The van der Waals surface area contributed by atoms with Gasteiger partial charge in [-0.05, 0) is 64.1 Å². The predicted octanol–water partition coefficient (Wildman–Crippen LogP) is 3.57. The van der Waals surface area contributed by atoms with E-state index in [4.69, 9.17) is 0 Å². The fraction of sp³-hybridized carbons (Fsp3) is 0.625. The monoisotopic (exact) mass is 246 g/mol. The molecule has 1 aliphatic carbocycles. The van der Waals surface area contributed by atoms with Crippen molar-refractivity contribution in [3.05, 3.63) is 35.2 Å². The molecule has 1 aromatic rings. The molecule has 0 radical (unpaired) electrons. The van der Waals surface area contributed by atoms with Gasteiger partial charge in [0.15, 0.2) is 0 Å². The first-order valence-electron chi connectivity index (χ1n) is 7.23. The Bertz CT molecular complexity index is 415. The zero-order valence-electron chi connectivity index (χ0n) is 12.0. The Balaban J connectivity index is 1.84. The van der Waals surface area contributed by atoms with Gasteiger partial charge in [-0.2, -0.15) is 0 Å². The van der Waals surface area contributed by atoms with Crippen LogP contribution >= 0.6 is 0 Å². The predicted molar refractivity (Wildman–Crippen MR) is 77.8 cm³/mol. The molecule has 1 unspecified atom stereocenters.